The Hall–Kier alpha value is -1.65. The summed E-state index contributed by atoms with van der Waals surface area (Å²) in [6.07, 6.45) is 6.27. The Labute approximate surface area is 119 Å². The number of carbonyl (C=O) groups is 3. The molecule has 0 aromatic carbocycles. The fourth-order valence-electron chi connectivity index (χ4n) is 2.75. The lowest BCUT2D eigenvalue weighted by Gasteiger charge is -2.16. The molecule has 3 atom stereocenters. The zero-order valence-corrected chi connectivity index (χ0v) is 12.1. The first kappa shape index (κ1) is 14.8. The summed E-state index contributed by atoms with van der Waals surface area (Å²) in [6.45, 7) is 4.13. The number of allylic oxidation sites excluding steroid dienone is 2. The van der Waals surface area contributed by atoms with Crippen LogP contribution in [-0.2, 0) is 14.4 Å². The van der Waals surface area contributed by atoms with Crippen molar-refractivity contribution in [3.63, 3.8) is 0 Å². The lowest BCUT2D eigenvalue weighted by atomic mass is 9.85. The van der Waals surface area contributed by atoms with E-state index in [1.54, 1.807) is 0 Å². The number of nitrogens with zero attached hydrogens (tertiary/aromatic N) is 1. The van der Waals surface area contributed by atoms with Crippen LogP contribution in [0.15, 0.2) is 12.2 Å². The molecule has 2 aliphatic rings. The van der Waals surface area contributed by atoms with Crippen molar-refractivity contribution in [2.75, 3.05) is 6.54 Å². The molecule has 3 amide bonds. The Morgan fingerprint density at radius 2 is 1.85 bits per heavy atom. The molecule has 0 unspecified atom stereocenters. The van der Waals surface area contributed by atoms with Gasteiger partial charge in [-0.1, -0.05) is 19.1 Å². The summed E-state index contributed by atoms with van der Waals surface area (Å²) in [6, 6.07) is 0.124. The third-order valence-electron chi connectivity index (χ3n) is 4.18. The van der Waals surface area contributed by atoms with E-state index in [1.807, 2.05) is 26.0 Å². The minimum Gasteiger partial charge on any atom is -0.354 e. The maximum Gasteiger partial charge on any atom is 0.233 e. The van der Waals surface area contributed by atoms with Crippen LogP contribution in [0, 0.1) is 11.8 Å². The van der Waals surface area contributed by atoms with E-state index in [0.29, 0.717) is 12.8 Å². The summed E-state index contributed by atoms with van der Waals surface area (Å²) in [5.74, 6) is -0.732. The van der Waals surface area contributed by atoms with Gasteiger partial charge in [-0.25, -0.2) is 0 Å². The lowest BCUT2D eigenvalue weighted by molar-refractivity contribution is -0.140. The molecule has 5 nitrogen and oxygen atoms in total. The Morgan fingerprint density at radius 1 is 1.30 bits per heavy atom. The standard InChI is InChI=1S/C15H22N2O3/c1-3-10(2)16-13(18)8-9-17-14(19)11-6-4-5-7-12(11)15(17)20/h4-5,10-12H,3,6-9H2,1-2H3,(H,16,18)/t10-,11-,12+/m0/s1. The van der Waals surface area contributed by atoms with Gasteiger partial charge >= 0.3 is 0 Å². The van der Waals surface area contributed by atoms with Crippen molar-refractivity contribution < 1.29 is 14.4 Å². The van der Waals surface area contributed by atoms with Crippen molar-refractivity contribution in [2.24, 2.45) is 11.8 Å². The highest BCUT2D eigenvalue weighted by atomic mass is 16.2. The average Bonchev–Trinajstić information content (AvgIpc) is 2.69. The number of nitrogens with one attached hydrogen (secondary N) is 1. The smallest absolute Gasteiger partial charge is 0.233 e. The van der Waals surface area contributed by atoms with Crippen molar-refractivity contribution in [3.05, 3.63) is 12.2 Å². The van der Waals surface area contributed by atoms with Gasteiger partial charge in [0, 0.05) is 19.0 Å². The molecule has 0 bridgehead atoms. The second-order valence-electron chi connectivity index (χ2n) is 5.61. The summed E-state index contributed by atoms with van der Waals surface area (Å²) in [5, 5.41) is 2.85. The maximum absolute atomic E-state index is 12.2. The van der Waals surface area contributed by atoms with Gasteiger partial charge in [-0.2, -0.15) is 0 Å². The number of hydrogen-bond donors (Lipinski definition) is 1. The highest BCUT2D eigenvalue weighted by molar-refractivity contribution is 6.05. The normalized spacial score (nSPS) is 26.6. The molecular formula is C15H22N2O3. The molecule has 1 aliphatic heterocycles. The number of likely N-dealkylation sites (tertiary alicyclic amines) is 1. The third-order valence-corrected chi connectivity index (χ3v) is 4.18. The summed E-state index contributed by atoms with van der Waals surface area (Å²) in [7, 11) is 0. The van der Waals surface area contributed by atoms with Gasteiger partial charge < -0.3 is 5.32 Å². The van der Waals surface area contributed by atoms with Crippen LogP contribution in [0.2, 0.25) is 0 Å². The van der Waals surface area contributed by atoms with Gasteiger partial charge in [0.15, 0.2) is 0 Å². The Balaban J connectivity index is 1.89. The topological polar surface area (TPSA) is 66.5 Å². The molecule has 20 heavy (non-hydrogen) atoms. The van der Waals surface area contributed by atoms with E-state index < -0.39 is 0 Å². The number of imide groups is 1. The molecule has 2 rings (SSSR count). The van der Waals surface area contributed by atoms with Crippen molar-refractivity contribution in [2.45, 2.75) is 45.6 Å². The Morgan fingerprint density at radius 3 is 2.35 bits per heavy atom. The van der Waals surface area contributed by atoms with Crippen LogP contribution in [0.1, 0.15) is 39.5 Å². The second kappa shape index (κ2) is 6.20. The largest absolute Gasteiger partial charge is 0.354 e. The molecule has 0 spiro atoms. The highest BCUT2D eigenvalue weighted by Crippen LogP contribution is 2.34. The zero-order chi connectivity index (χ0) is 14.7. The molecule has 1 heterocycles. The second-order valence-corrected chi connectivity index (χ2v) is 5.61. The molecule has 0 saturated carbocycles. The molecular weight excluding hydrogens is 256 g/mol. The van der Waals surface area contributed by atoms with E-state index in [9.17, 15) is 14.4 Å². The van der Waals surface area contributed by atoms with E-state index in [4.69, 9.17) is 0 Å². The van der Waals surface area contributed by atoms with Gasteiger partial charge in [-0.05, 0) is 26.2 Å². The van der Waals surface area contributed by atoms with E-state index in [2.05, 4.69) is 5.32 Å². The summed E-state index contributed by atoms with van der Waals surface area (Å²) in [5.41, 5.74) is 0. The maximum atomic E-state index is 12.2. The molecule has 0 radical (unpaired) electrons. The van der Waals surface area contributed by atoms with Crippen LogP contribution >= 0.6 is 0 Å². The van der Waals surface area contributed by atoms with Gasteiger partial charge in [0.05, 0.1) is 11.8 Å². The number of amides is 3. The minimum atomic E-state index is -0.204. The third kappa shape index (κ3) is 2.92. The van der Waals surface area contributed by atoms with E-state index >= 15 is 0 Å². The van der Waals surface area contributed by atoms with Gasteiger partial charge in [-0.15, -0.1) is 0 Å². The van der Waals surface area contributed by atoms with Crippen LogP contribution in [0.4, 0.5) is 0 Å². The van der Waals surface area contributed by atoms with Crippen molar-refractivity contribution in [1.82, 2.24) is 10.2 Å². The summed E-state index contributed by atoms with van der Waals surface area (Å²) < 4.78 is 0. The predicted molar refractivity (Wildman–Crippen MR) is 74.6 cm³/mol. The van der Waals surface area contributed by atoms with Crippen LogP contribution in [-0.4, -0.2) is 35.2 Å². The van der Waals surface area contributed by atoms with Gasteiger partial charge in [0.1, 0.15) is 0 Å². The fourth-order valence-corrected chi connectivity index (χ4v) is 2.75. The van der Waals surface area contributed by atoms with Crippen LogP contribution in [0.5, 0.6) is 0 Å². The summed E-state index contributed by atoms with van der Waals surface area (Å²) >= 11 is 0. The quantitative estimate of drug-likeness (QED) is 0.608. The zero-order valence-electron chi connectivity index (χ0n) is 12.1. The van der Waals surface area contributed by atoms with Gasteiger partial charge in [-0.3, -0.25) is 19.3 Å². The monoisotopic (exact) mass is 278 g/mol. The molecule has 1 fully saturated rings. The number of carbonyl (C=O) groups excluding carboxylic acids is 3. The van der Waals surface area contributed by atoms with E-state index in [1.165, 1.54) is 4.90 Å². The van der Waals surface area contributed by atoms with Crippen molar-refractivity contribution in [1.29, 1.82) is 0 Å². The molecule has 1 aliphatic carbocycles. The van der Waals surface area contributed by atoms with Gasteiger partial charge in [0.2, 0.25) is 17.7 Å². The minimum absolute atomic E-state index is 0.104. The number of hydrogen-bond acceptors (Lipinski definition) is 3. The first-order chi connectivity index (χ1) is 9.54. The lowest BCUT2D eigenvalue weighted by Crippen LogP contribution is -2.37. The predicted octanol–water partition coefficient (Wildman–Crippen LogP) is 1.24. The van der Waals surface area contributed by atoms with E-state index in [-0.39, 0.29) is 48.6 Å². The van der Waals surface area contributed by atoms with E-state index in [0.717, 1.165) is 6.42 Å². The number of fused-ring (bicyclic) bond motifs is 1. The highest BCUT2D eigenvalue weighted by Gasteiger charge is 2.46. The van der Waals surface area contributed by atoms with Crippen LogP contribution < -0.4 is 5.32 Å². The van der Waals surface area contributed by atoms with Crippen molar-refractivity contribution >= 4 is 17.7 Å². The molecule has 1 saturated heterocycles. The Kier molecular flexibility index (Phi) is 4.57. The molecule has 0 aromatic rings. The summed E-state index contributed by atoms with van der Waals surface area (Å²) in [4.78, 5) is 37.4. The SMILES string of the molecule is CC[C@H](C)NC(=O)CCN1C(=O)[C@H]2CC=CC[C@H]2C1=O. The average molecular weight is 278 g/mol. The van der Waals surface area contributed by atoms with Crippen LogP contribution in [0.25, 0.3) is 0 Å². The molecule has 110 valence electrons. The molecule has 5 heteroatoms. The molecule has 1 N–H and O–H groups in total. The van der Waals surface area contributed by atoms with Crippen LogP contribution in [0.3, 0.4) is 0 Å². The first-order valence-electron chi connectivity index (χ1n) is 7.34. The Bertz CT molecular complexity index is 418. The number of rotatable bonds is 5. The molecule has 0 aromatic heterocycles. The fraction of sp³-hybridized carbons (Fsp3) is 0.667. The first-order valence-corrected chi connectivity index (χ1v) is 7.34. The van der Waals surface area contributed by atoms with Crippen molar-refractivity contribution in [3.8, 4) is 0 Å². The van der Waals surface area contributed by atoms with Gasteiger partial charge in [0.25, 0.3) is 0 Å².